The third-order valence-electron chi connectivity index (χ3n) is 4.69. The Morgan fingerprint density at radius 1 is 1.09 bits per heavy atom. The predicted octanol–water partition coefficient (Wildman–Crippen LogP) is 5.65. The lowest BCUT2D eigenvalue weighted by Gasteiger charge is -2.26. The Bertz CT molecular complexity index is 482. The Kier molecular flexibility index (Phi) is 6.70. The van der Waals surface area contributed by atoms with Gasteiger partial charge in [0.15, 0.2) is 0 Å². The smallest absolute Gasteiger partial charge is 0.381 e. The summed E-state index contributed by atoms with van der Waals surface area (Å²) in [5, 5.41) is 0. The Morgan fingerprint density at radius 3 is 2.30 bits per heavy atom. The van der Waals surface area contributed by atoms with E-state index in [0.29, 0.717) is 18.4 Å². The highest BCUT2D eigenvalue weighted by molar-refractivity contribution is 5.24. The van der Waals surface area contributed by atoms with Gasteiger partial charge in [0, 0.05) is 7.11 Å². The first-order valence-electron chi connectivity index (χ1n) is 8.30. The molecule has 1 fully saturated rings. The lowest BCUT2D eigenvalue weighted by Crippen LogP contribution is -2.14. The Hall–Kier alpha value is -1.29. The molecule has 0 atom stereocenters. The summed E-state index contributed by atoms with van der Waals surface area (Å²) in [4.78, 5) is 0. The summed E-state index contributed by atoms with van der Waals surface area (Å²) in [6.45, 7) is 0.674. The van der Waals surface area contributed by atoms with Crippen molar-refractivity contribution >= 4 is 0 Å². The molecule has 1 aliphatic carbocycles. The van der Waals surface area contributed by atoms with E-state index in [4.69, 9.17) is 4.74 Å². The molecule has 0 bridgehead atoms. The molecule has 1 saturated carbocycles. The van der Waals surface area contributed by atoms with Crippen LogP contribution < -0.4 is 0 Å². The molecule has 1 aliphatic rings. The van der Waals surface area contributed by atoms with Gasteiger partial charge in [-0.2, -0.15) is 13.2 Å². The lowest BCUT2D eigenvalue weighted by atomic mass is 9.79. The van der Waals surface area contributed by atoms with Crippen LogP contribution in [0.5, 0.6) is 0 Å². The number of ether oxygens (including phenoxy) is 1. The molecule has 0 amide bonds. The molecule has 0 N–H and O–H groups in total. The van der Waals surface area contributed by atoms with Crippen LogP contribution in [0.4, 0.5) is 13.2 Å². The molecule has 2 rings (SSSR count). The summed E-state index contributed by atoms with van der Waals surface area (Å²) in [7, 11) is 1.70. The zero-order valence-corrected chi connectivity index (χ0v) is 13.6. The zero-order valence-electron chi connectivity index (χ0n) is 13.6. The fraction of sp³-hybridized carbons (Fsp3) is 0.579. The highest BCUT2D eigenvalue weighted by Gasteiger charge is 2.29. The van der Waals surface area contributed by atoms with Gasteiger partial charge in [0.05, 0.1) is 12.2 Å². The van der Waals surface area contributed by atoms with E-state index in [2.05, 4.69) is 12.2 Å². The van der Waals surface area contributed by atoms with Gasteiger partial charge < -0.3 is 4.74 Å². The van der Waals surface area contributed by atoms with Gasteiger partial charge >= 0.3 is 6.18 Å². The molecule has 1 aromatic rings. The van der Waals surface area contributed by atoms with Crippen molar-refractivity contribution in [1.29, 1.82) is 0 Å². The third-order valence-corrected chi connectivity index (χ3v) is 4.69. The zero-order chi connectivity index (χ0) is 16.7. The molecule has 0 saturated heterocycles. The van der Waals surface area contributed by atoms with E-state index >= 15 is 0 Å². The van der Waals surface area contributed by atoms with Gasteiger partial charge in [-0.15, -0.1) is 0 Å². The van der Waals surface area contributed by atoms with Gasteiger partial charge in [-0.1, -0.05) is 24.3 Å². The molecular weight excluding hydrogens is 301 g/mol. The van der Waals surface area contributed by atoms with Crippen molar-refractivity contribution in [2.45, 2.75) is 44.7 Å². The van der Waals surface area contributed by atoms with Gasteiger partial charge in [-0.25, -0.2) is 0 Å². The summed E-state index contributed by atoms with van der Waals surface area (Å²) in [5.74, 6) is 1.36. The summed E-state index contributed by atoms with van der Waals surface area (Å²) in [5.41, 5.74) is 0.435. The molecule has 0 unspecified atom stereocenters. The monoisotopic (exact) mass is 326 g/mol. The Morgan fingerprint density at radius 2 is 1.74 bits per heavy atom. The predicted molar refractivity (Wildman–Crippen MR) is 86.2 cm³/mol. The maximum absolute atomic E-state index is 12.5. The van der Waals surface area contributed by atoms with E-state index < -0.39 is 11.7 Å². The van der Waals surface area contributed by atoms with Crippen LogP contribution in [0.1, 0.15) is 43.2 Å². The number of hydrogen-bond acceptors (Lipinski definition) is 1. The molecule has 0 aliphatic heterocycles. The average Bonchev–Trinajstić information content (AvgIpc) is 2.54. The molecule has 1 aromatic carbocycles. The van der Waals surface area contributed by atoms with E-state index in [0.717, 1.165) is 18.4 Å². The maximum Gasteiger partial charge on any atom is 0.416 e. The number of hydrogen-bond donors (Lipinski definition) is 0. The first-order valence-corrected chi connectivity index (χ1v) is 8.30. The number of methoxy groups -OCH3 is 1. The van der Waals surface area contributed by atoms with E-state index in [9.17, 15) is 13.2 Å². The van der Waals surface area contributed by atoms with Gasteiger partial charge in [0.1, 0.15) is 0 Å². The number of rotatable bonds is 6. The highest BCUT2D eigenvalue weighted by atomic mass is 19.4. The molecular formula is C19H25F3O. The van der Waals surface area contributed by atoms with Crippen molar-refractivity contribution in [3.8, 4) is 0 Å². The molecule has 1 nitrogen and oxygen atoms in total. The second kappa shape index (κ2) is 8.53. The minimum absolute atomic E-state index is 0.565. The van der Waals surface area contributed by atoms with Gasteiger partial charge in [0.2, 0.25) is 0 Å². The summed E-state index contributed by atoms with van der Waals surface area (Å²) < 4.78 is 42.6. The normalized spacial score (nSPS) is 22.6. The standard InChI is InChI=1S/C19H25F3O/c1-23-14-2-3-15-4-6-16(7-5-15)8-9-17-10-12-18(13-11-17)19(20,21)22/h2-3,10-13,15-16H,4-9,14H2,1H3/t15-,16-. The number of halogens is 3. The van der Waals surface area contributed by atoms with Crippen LogP contribution in [-0.2, 0) is 17.3 Å². The number of benzene rings is 1. The van der Waals surface area contributed by atoms with Crippen LogP contribution in [0.15, 0.2) is 36.4 Å². The molecule has 0 spiro atoms. The van der Waals surface area contributed by atoms with Crippen LogP contribution >= 0.6 is 0 Å². The third kappa shape index (κ3) is 6.02. The van der Waals surface area contributed by atoms with Crippen LogP contribution in [0, 0.1) is 11.8 Å². The lowest BCUT2D eigenvalue weighted by molar-refractivity contribution is -0.137. The molecule has 23 heavy (non-hydrogen) atoms. The molecule has 0 radical (unpaired) electrons. The number of allylic oxidation sites excluding steroid dienone is 1. The fourth-order valence-corrected chi connectivity index (χ4v) is 3.24. The van der Waals surface area contributed by atoms with Crippen LogP contribution in [-0.4, -0.2) is 13.7 Å². The minimum Gasteiger partial charge on any atom is -0.381 e. The molecule has 4 heteroatoms. The van der Waals surface area contributed by atoms with E-state index in [-0.39, 0.29) is 0 Å². The van der Waals surface area contributed by atoms with Crippen molar-refractivity contribution in [1.82, 2.24) is 0 Å². The second-order valence-electron chi connectivity index (χ2n) is 6.40. The molecule has 128 valence electrons. The molecule has 0 aromatic heterocycles. The van der Waals surface area contributed by atoms with E-state index in [1.807, 2.05) is 0 Å². The largest absolute Gasteiger partial charge is 0.416 e. The van der Waals surface area contributed by atoms with Gasteiger partial charge in [0.25, 0.3) is 0 Å². The van der Waals surface area contributed by atoms with Crippen molar-refractivity contribution < 1.29 is 17.9 Å². The quantitative estimate of drug-likeness (QED) is 0.614. The SMILES string of the molecule is COCC=C[C@H]1CC[C@H](CCc2ccc(C(F)(F)F)cc2)CC1. The van der Waals surface area contributed by atoms with Crippen molar-refractivity contribution in [2.75, 3.05) is 13.7 Å². The van der Waals surface area contributed by atoms with Crippen molar-refractivity contribution in [3.05, 3.63) is 47.5 Å². The van der Waals surface area contributed by atoms with Crippen molar-refractivity contribution in [2.24, 2.45) is 11.8 Å². The number of alkyl halides is 3. The highest BCUT2D eigenvalue weighted by Crippen LogP contribution is 2.33. The Labute approximate surface area is 136 Å². The fourth-order valence-electron chi connectivity index (χ4n) is 3.24. The average molecular weight is 326 g/mol. The minimum atomic E-state index is -4.24. The van der Waals surface area contributed by atoms with Crippen LogP contribution in [0.25, 0.3) is 0 Å². The summed E-state index contributed by atoms with van der Waals surface area (Å²) >= 11 is 0. The Balaban J connectivity index is 1.73. The van der Waals surface area contributed by atoms with E-state index in [1.165, 1.54) is 37.8 Å². The van der Waals surface area contributed by atoms with Gasteiger partial charge in [-0.05, 0) is 68.1 Å². The van der Waals surface area contributed by atoms with E-state index in [1.54, 1.807) is 19.2 Å². The van der Waals surface area contributed by atoms with Crippen LogP contribution in [0.2, 0.25) is 0 Å². The number of aryl methyl sites for hydroxylation is 1. The summed E-state index contributed by atoms with van der Waals surface area (Å²) in [6.07, 6.45) is 6.88. The van der Waals surface area contributed by atoms with Crippen LogP contribution in [0.3, 0.4) is 0 Å². The topological polar surface area (TPSA) is 9.23 Å². The summed E-state index contributed by atoms with van der Waals surface area (Å²) in [6, 6.07) is 5.60. The van der Waals surface area contributed by atoms with Crippen molar-refractivity contribution in [3.63, 3.8) is 0 Å². The first kappa shape index (κ1) is 18.1. The maximum atomic E-state index is 12.5. The van der Waals surface area contributed by atoms with Gasteiger partial charge in [-0.3, -0.25) is 0 Å². The first-order chi connectivity index (χ1) is 11.0. The second-order valence-corrected chi connectivity index (χ2v) is 6.40. The molecule has 0 heterocycles.